The zero-order valence-corrected chi connectivity index (χ0v) is 31.5. The van der Waals surface area contributed by atoms with Crippen LogP contribution in [0.4, 0.5) is 17.1 Å². The molecule has 9 aromatic rings. The van der Waals surface area contributed by atoms with Crippen molar-refractivity contribution in [2.24, 2.45) is 0 Å². The van der Waals surface area contributed by atoms with Gasteiger partial charge in [0.1, 0.15) is 0 Å². The van der Waals surface area contributed by atoms with Gasteiger partial charge in [0.2, 0.25) is 0 Å². The smallest absolute Gasteiger partial charge is 0.0619 e. The maximum absolute atomic E-state index is 2.58. The molecule has 0 atom stereocenters. The molecule has 1 nitrogen and oxygen atoms in total. The molecule has 0 saturated carbocycles. The number of nitrogens with zero attached hydrogens (tertiary/aromatic N) is 1. The molecule has 53 heavy (non-hydrogen) atoms. The Morgan fingerprint density at radius 1 is 0.377 bits per heavy atom. The third-order valence-corrected chi connectivity index (χ3v) is 13.8. The molecule has 0 saturated heterocycles. The van der Waals surface area contributed by atoms with Crippen LogP contribution in [0.15, 0.2) is 155 Å². The second-order valence-corrected chi connectivity index (χ2v) is 17.2. The molecule has 11 rings (SSSR count). The molecular weight excluding hydrogens is 659 g/mol. The molecule has 0 radical (unpaired) electrons. The van der Waals surface area contributed by atoms with Gasteiger partial charge in [0, 0.05) is 31.4 Å². The summed E-state index contributed by atoms with van der Waals surface area (Å²) in [7, 11) is 0. The fraction of sp³-hybridized carbons (Fsp3) is 0.137. The highest BCUT2D eigenvalue weighted by atomic mass is 32.2. The van der Waals surface area contributed by atoms with E-state index >= 15 is 0 Å². The Hall–Kier alpha value is -5.57. The third kappa shape index (κ3) is 4.10. The van der Waals surface area contributed by atoms with Gasteiger partial charge in [0.15, 0.2) is 0 Å². The van der Waals surface area contributed by atoms with E-state index in [9.17, 15) is 0 Å². The van der Waals surface area contributed by atoms with E-state index in [-0.39, 0.29) is 10.8 Å². The molecule has 254 valence electrons. The van der Waals surface area contributed by atoms with Crippen LogP contribution in [-0.2, 0) is 10.8 Å². The lowest BCUT2D eigenvalue weighted by atomic mass is 9.59. The van der Waals surface area contributed by atoms with Gasteiger partial charge < -0.3 is 4.90 Å². The van der Waals surface area contributed by atoms with Crippen molar-refractivity contribution in [2.75, 3.05) is 4.90 Å². The van der Waals surface area contributed by atoms with Gasteiger partial charge in [-0.1, -0.05) is 137 Å². The normalized spacial score (nSPS) is 15.5. The van der Waals surface area contributed by atoms with Crippen molar-refractivity contribution in [3.63, 3.8) is 0 Å². The largest absolute Gasteiger partial charge is 0.307 e. The maximum atomic E-state index is 2.58. The summed E-state index contributed by atoms with van der Waals surface area (Å²) in [5.74, 6) is 0. The van der Waals surface area contributed by atoms with Crippen molar-refractivity contribution in [3.8, 4) is 0 Å². The van der Waals surface area contributed by atoms with Gasteiger partial charge in [-0.2, -0.15) is 0 Å². The minimum Gasteiger partial charge on any atom is -0.307 e. The summed E-state index contributed by atoms with van der Waals surface area (Å²) in [4.78, 5) is 5.12. The minimum absolute atomic E-state index is 0.214. The van der Waals surface area contributed by atoms with E-state index in [0.717, 1.165) is 0 Å². The molecule has 0 N–H and O–H groups in total. The summed E-state index contributed by atoms with van der Waals surface area (Å²) in [5.41, 5.74) is 10.3. The number of fused-ring (bicyclic) bond motifs is 12. The van der Waals surface area contributed by atoms with Crippen LogP contribution in [0.2, 0.25) is 0 Å². The lowest BCUT2D eigenvalue weighted by Crippen LogP contribution is -2.36. The first-order chi connectivity index (χ1) is 25.7. The molecule has 1 aliphatic heterocycles. The summed E-state index contributed by atoms with van der Waals surface area (Å²) in [6.07, 6.45) is 0. The first-order valence-corrected chi connectivity index (χ1v) is 19.6. The number of rotatable bonds is 1. The van der Waals surface area contributed by atoms with Gasteiger partial charge in [-0.3, -0.25) is 0 Å². The van der Waals surface area contributed by atoms with E-state index in [1.165, 1.54) is 109 Å². The second kappa shape index (κ2) is 10.7. The predicted octanol–water partition coefficient (Wildman–Crippen LogP) is 14.7. The molecule has 2 aliphatic rings. The lowest BCUT2D eigenvalue weighted by molar-refractivity contribution is 0.523. The summed E-state index contributed by atoms with van der Waals surface area (Å²) < 4.78 is 0. The molecule has 1 aliphatic carbocycles. The van der Waals surface area contributed by atoms with Crippen LogP contribution in [0, 0.1) is 6.92 Å². The summed E-state index contributed by atoms with van der Waals surface area (Å²) >= 11 is 1.87. The number of anilines is 3. The summed E-state index contributed by atoms with van der Waals surface area (Å²) in [5, 5.41) is 13.2. The Morgan fingerprint density at radius 3 is 1.23 bits per heavy atom. The fourth-order valence-corrected chi connectivity index (χ4v) is 11.0. The molecule has 0 unspecified atom stereocenters. The SMILES string of the molecule is Cc1c2ccccc2c(N2c3ccccc3Sc3ccccc32)c2cc3c(cc12)C(C)(C)c1cc2c4ccccc4c4ccccc4c2cc1C3(C)C. The second-order valence-electron chi connectivity index (χ2n) is 16.1. The highest BCUT2D eigenvalue weighted by Crippen LogP contribution is 2.57. The monoisotopic (exact) mass is 697 g/mol. The number of benzene rings is 9. The van der Waals surface area contributed by atoms with E-state index in [2.05, 4.69) is 185 Å². The predicted molar refractivity (Wildman–Crippen MR) is 228 cm³/mol. The van der Waals surface area contributed by atoms with Crippen molar-refractivity contribution in [1.29, 1.82) is 0 Å². The molecular formula is C51H39NS. The molecule has 0 aromatic heterocycles. The van der Waals surface area contributed by atoms with Crippen molar-refractivity contribution in [1.82, 2.24) is 0 Å². The molecule has 2 heteroatoms. The average Bonchev–Trinajstić information content (AvgIpc) is 3.19. The highest BCUT2D eigenvalue weighted by molar-refractivity contribution is 7.99. The lowest BCUT2D eigenvalue weighted by Gasteiger charge is -2.45. The molecule has 0 amide bonds. The van der Waals surface area contributed by atoms with Crippen LogP contribution in [-0.4, -0.2) is 0 Å². The molecule has 9 aromatic carbocycles. The van der Waals surface area contributed by atoms with Crippen molar-refractivity contribution in [3.05, 3.63) is 173 Å². The highest BCUT2D eigenvalue weighted by Gasteiger charge is 2.43. The van der Waals surface area contributed by atoms with Gasteiger partial charge >= 0.3 is 0 Å². The summed E-state index contributed by atoms with van der Waals surface area (Å²) in [6, 6.07) is 55.0. The minimum atomic E-state index is -0.236. The van der Waals surface area contributed by atoms with Crippen LogP contribution < -0.4 is 4.90 Å². The van der Waals surface area contributed by atoms with Gasteiger partial charge in [-0.25, -0.2) is 0 Å². The van der Waals surface area contributed by atoms with E-state index < -0.39 is 0 Å². The van der Waals surface area contributed by atoms with Crippen LogP contribution >= 0.6 is 11.8 Å². The van der Waals surface area contributed by atoms with E-state index in [4.69, 9.17) is 0 Å². The van der Waals surface area contributed by atoms with E-state index in [1.54, 1.807) is 0 Å². The van der Waals surface area contributed by atoms with Gasteiger partial charge in [0.05, 0.1) is 17.1 Å². The van der Waals surface area contributed by atoms with Crippen LogP contribution in [0.5, 0.6) is 0 Å². The zero-order chi connectivity index (χ0) is 35.8. The Kier molecular flexibility index (Phi) is 6.29. The average molecular weight is 698 g/mol. The number of para-hydroxylation sites is 2. The first kappa shape index (κ1) is 31.0. The quantitative estimate of drug-likeness (QED) is 0.124. The van der Waals surface area contributed by atoms with Crippen LogP contribution in [0.25, 0.3) is 53.9 Å². The molecule has 0 fully saturated rings. The van der Waals surface area contributed by atoms with Crippen LogP contribution in [0.3, 0.4) is 0 Å². The topological polar surface area (TPSA) is 3.24 Å². The van der Waals surface area contributed by atoms with Gasteiger partial charge in [-0.15, -0.1) is 0 Å². The molecule has 0 bridgehead atoms. The van der Waals surface area contributed by atoms with Crippen LogP contribution in [0.1, 0.15) is 55.5 Å². The summed E-state index contributed by atoms with van der Waals surface area (Å²) in [6.45, 7) is 12.1. The van der Waals surface area contributed by atoms with Crippen molar-refractivity contribution >= 4 is 82.7 Å². The fourth-order valence-electron chi connectivity index (χ4n) is 9.91. The van der Waals surface area contributed by atoms with Crippen molar-refractivity contribution < 1.29 is 0 Å². The first-order valence-electron chi connectivity index (χ1n) is 18.8. The number of hydrogen-bond donors (Lipinski definition) is 0. The Bertz CT molecular complexity index is 3010. The number of hydrogen-bond acceptors (Lipinski definition) is 2. The molecule has 1 heterocycles. The zero-order valence-electron chi connectivity index (χ0n) is 30.7. The Morgan fingerprint density at radius 2 is 0.736 bits per heavy atom. The van der Waals surface area contributed by atoms with Gasteiger partial charge in [-0.05, 0) is 126 Å². The standard InChI is InChI=1S/C51H39NS/c1-30-31-16-6-11-21-36(31)49(52-45-22-12-14-24-47(45)53-48-25-15-13-23-46(48)52)40-29-44-41(26-37(30)40)50(2,3)42-27-38-34-19-9-7-17-32(34)33-18-8-10-20-35(33)39(38)28-43(42)51(44,4)5/h6-29H,1-5H3. The Balaban J connectivity index is 1.26. The number of aryl methyl sites for hydroxylation is 1. The molecule has 0 spiro atoms. The van der Waals surface area contributed by atoms with Gasteiger partial charge in [0.25, 0.3) is 0 Å². The maximum Gasteiger partial charge on any atom is 0.0619 e. The Labute approximate surface area is 314 Å². The third-order valence-electron chi connectivity index (χ3n) is 12.6. The van der Waals surface area contributed by atoms with E-state index in [0.29, 0.717) is 0 Å². The van der Waals surface area contributed by atoms with E-state index in [1.807, 2.05) is 11.8 Å². The van der Waals surface area contributed by atoms with Crippen molar-refractivity contribution in [2.45, 2.75) is 55.2 Å².